The van der Waals surface area contributed by atoms with E-state index in [1.807, 2.05) is 0 Å². The molecule has 0 amide bonds. The highest BCUT2D eigenvalue weighted by Crippen LogP contribution is 2.15. The summed E-state index contributed by atoms with van der Waals surface area (Å²) in [5, 5.41) is 15.5. The number of halogens is 1. The summed E-state index contributed by atoms with van der Waals surface area (Å²) in [6.45, 7) is 1.18. The Morgan fingerprint density at radius 2 is 2.29 bits per heavy atom. The van der Waals surface area contributed by atoms with Gasteiger partial charge in [-0.2, -0.15) is 5.10 Å². The minimum atomic E-state index is -0.543. The Bertz CT molecular complexity index is 520. The molecule has 1 aromatic heterocycles. The van der Waals surface area contributed by atoms with Gasteiger partial charge in [0.1, 0.15) is 11.0 Å². The molecule has 0 bridgehead atoms. The second-order valence-electron chi connectivity index (χ2n) is 4.03. The molecule has 9 heteroatoms. The van der Waals surface area contributed by atoms with Crippen LogP contribution in [0.4, 0.5) is 5.69 Å². The second-order valence-corrected chi connectivity index (χ2v) is 4.82. The fourth-order valence-electron chi connectivity index (χ4n) is 1.45. The van der Waals surface area contributed by atoms with Gasteiger partial charge in [0.15, 0.2) is 0 Å². The quantitative estimate of drug-likeness (QED) is 0.469. The number of methoxy groups -OCH3 is 1. The predicted molar refractivity (Wildman–Crippen MR) is 79.2 cm³/mol. The Kier molecular flexibility index (Phi) is 7.95. The summed E-state index contributed by atoms with van der Waals surface area (Å²) >= 11 is 3.18. The van der Waals surface area contributed by atoms with E-state index in [0.29, 0.717) is 29.9 Å². The number of ether oxygens (including phenoxy) is 2. The van der Waals surface area contributed by atoms with Gasteiger partial charge >= 0.3 is 5.97 Å². The third-order valence-electron chi connectivity index (χ3n) is 2.51. The van der Waals surface area contributed by atoms with E-state index in [2.05, 4.69) is 31.1 Å². The minimum Gasteiger partial charge on any atom is -0.468 e. The van der Waals surface area contributed by atoms with Crippen LogP contribution >= 0.6 is 15.9 Å². The number of aromatic nitrogens is 2. The minimum absolute atomic E-state index is 0.00131. The Morgan fingerprint density at radius 1 is 1.52 bits per heavy atom. The van der Waals surface area contributed by atoms with Crippen LogP contribution in [0.5, 0.6) is 0 Å². The topological polar surface area (TPSA) is 103 Å². The van der Waals surface area contributed by atoms with Crippen LogP contribution in [-0.4, -0.2) is 54.3 Å². The maximum absolute atomic E-state index is 12.0. The molecule has 0 aliphatic rings. The van der Waals surface area contributed by atoms with Crippen molar-refractivity contribution in [3.8, 4) is 0 Å². The van der Waals surface area contributed by atoms with Crippen LogP contribution < -0.4 is 10.9 Å². The van der Waals surface area contributed by atoms with Crippen molar-refractivity contribution < 1.29 is 19.4 Å². The average Bonchev–Trinajstić information content (AvgIpc) is 2.49. The number of aliphatic hydroxyl groups is 1. The molecule has 0 aliphatic heterocycles. The summed E-state index contributed by atoms with van der Waals surface area (Å²) in [7, 11) is 1.25. The summed E-state index contributed by atoms with van der Waals surface area (Å²) in [6.07, 6.45) is 2.18. The third kappa shape index (κ3) is 5.82. The molecular weight excluding hydrogens is 346 g/mol. The molecule has 21 heavy (non-hydrogen) atoms. The molecule has 1 rings (SSSR count). The van der Waals surface area contributed by atoms with E-state index in [1.165, 1.54) is 13.3 Å². The summed E-state index contributed by atoms with van der Waals surface area (Å²) in [5.74, 6) is -0.543. The van der Waals surface area contributed by atoms with Crippen molar-refractivity contribution in [2.45, 2.75) is 13.0 Å². The number of carbonyl (C=O) groups excluding carboxylic acids is 1. The summed E-state index contributed by atoms with van der Waals surface area (Å²) in [5.41, 5.74) is 0.130. The number of anilines is 1. The van der Waals surface area contributed by atoms with Crippen molar-refractivity contribution in [2.75, 3.05) is 38.8 Å². The molecule has 2 N–H and O–H groups in total. The van der Waals surface area contributed by atoms with Gasteiger partial charge in [0, 0.05) is 13.2 Å². The number of nitrogens with one attached hydrogen (secondary N) is 1. The molecule has 0 saturated heterocycles. The van der Waals surface area contributed by atoms with Crippen LogP contribution in [0.2, 0.25) is 0 Å². The van der Waals surface area contributed by atoms with Crippen molar-refractivity contribution in [1.82, 2.24) is 9.78 Å². The van der Waals surface area contributed by atoms with Gasteiger partial charge in [0.2, 0.25) is 0 Å². The lowest BCUT2D eigenvalue weighted by Crippen LogP contribution is -2.28. The van der Waals surface area contributed by atoms with Crippen LogP contribution in [0.25, 0.3) is 0 Å². The third-order valence-corrected chi connectivity index (χ3v) is 3.27. The summed E-state index contributed by atoms with van der Waals surface area (Å²) in [4.78, 5) is 23.1. The normalized spacial score (nSPS) is 10.4. The van der Waals surface area contributed by atoms with E-state index in [0.717, 1.165) is 11.1 Å². The van der Waals surface area contributed by atoms with Crippen LogP contribution in [0.1, 0.15) is 6.42 Å². The molecule has 1 aromatic rings. The summed E-state index contributed by atoms with van der Waals surface area (Å²) < 4.78 is 10.9. The zero-order valence-corrected chi connectivity index (χ0v) is 13.3. The number of nitrogens with zero attached hydrogens (tertiary/aromatic N) is 2. The first-order valence-corrected chi connectivity index (χ1v) is 7.14. The van der Waals surface area contributed by atoms with Crippen molar-refractivity contribution >= 4 is 27.6 Å². The largest absolute Gasteiger partial charge is 0.468 e. The maximum Gasteiger partial charge on any atom is 0.327 e. The Balaban J connectivity index is 2.55. The van der Waals surface area contributed by atoms with Gasteiger partial charge in [0.25, 0.3) is 5.56 Å². The lowest BCUT2D eigenvalue weighted by molar-refractivity contribution is -0.141. The number of aliphatic hydroxyl groups excluding tert-OH is 1. The number of carbonyl (C=O) groups is 1. The van der Waals surface area contributed by atoms with Gasteiger partial charge in [-0.25, -0.2) is 4.68 Å². The molecule has 0 saturated carbocycles. The van der Waals surface area contributed by atoms with Crippen molar-refractivity contribution in [3.05, 3.63) is 21.0 Å². The molecule has 0 fully saturated rings. The number of hydrogen-bond acceptors (Lipinski definition) is 7. The molecule has 0 aliphatic carbocycles. The highest BCUT2D eigenvalue weighted by atomic mass is 79.9. The monoisotopic (exact) mass is 363 g/mol. The lowest BCUT2D eigenvalue weighted by atomic mass is 10.4. The van der Waals surface area contributed by atoms with Gasteiger partial charge < -0.3 is 19.9 Å². The first-order chi connectivity index (χ1) is 10.1. The van der Waals surface area contributed by atoms with Crippen LogP contribution in [0.3, 0.4) is 0 Å². The van der Waals surface area contributed by atoms with E-state index in [1.54, 1.807) is 0 Å². The lowest BCUT2D eigenvalue weighted by Gasteiger charge is -2.10. The van der Waals surface area contributed by atoms with Gasteiger partial charge in [-0.1, -0.05) is 0 Å². The number of hydrogen-bond donors (Lipinski definition) is 2. The molecule has 0 unspecified atom stereocenters. The van der Waals surface area contributed by atoms with E-state index < -0.39 is 11.5 Å². The van der Waals surface area contributed by atoms with Gasteiger partial charge in [-0.15, -0.1) is 0 Å². The molecule has 0 spiro atoms. The fourth-order valence-corrected chi connectivity index (χ4v) is 1.90. The Morgan fingerprint density at radius 3 is 2.95 bits per heavy atom. The van der Waals surface area contributed by atoms with Gasteiger partial charge in [-0.05, 0) is 22.4 Å². The Labute approximate surface area is 130 Å². The molecule has 0 aromatic carbocycles. The SMILES string of the molecule is COC(=O)Cn1ncc(NCCCOCCO)c(Br)c1=O. The average molecular weight is 364 g/mol. The second kappa shape index (κ2) is 9.48. The van der Waals surface area contributed by atoms with Gasteiger partial charge in [0.05, 0.1) is 32.2 Å². The zero-order valence-electron chi connectivity index (χ0n) is 11.7. The first kappa shape index (κ1) is 17.6. The molecular formula is C12H18BrN3O5. The zero-order chi connectivity index (χ0) is 15.7. The van der Waals surface area contributed by atoms with Crippen molar-refractivity contribution in [3.63, 3.8) is 0 Å². The van der Waals surface area contributed by atoms with E-state index in [-0.39, 0.29) is 13.2 Å². The standard InChI is InChI=1S/C12H18BrN3O5/c1-20-10(18)8-16-12(19)11(13)9(7-15-16)14-3-2-5-21-6-4-17/h7,14,17H,2-6,8H2,1H3. The highest BCUT2D eigenvalue weighted by Gasteiger charge is 2.11. The molecule has 0 radical (unpaired) electrons. The predicted octanol–water partition coefficient (Wildman–Crippen LogP) is -0.0103. The maximum atomic E-state index is 12.0. The van der Waals surface area contributed by atoms with E-state index in [4.69, 9.17) is 9.84 Å². The molecule has 0 atom stereocenters. The number of rotatable bonds is 9. The van der Waals surface area contributed by atoms with Crippen LogP contribution in [-0.2, 0) is 20.8 Å². The van der Waals surface area contributed by atoms with E-state index >= 15 is 0 Å². The smallest absolute Gasteiger partial charge is 0.327 e. The fraction of sp³-hybridized carbons (Fsp3) is 0.583. The molecule has 118 valence electrons. The first-order valence-electron chi connectivity index (χ1n) is 6.35. The van der Waals surface area contributed by atoms with E-state index in [9.17, 15) is 9.59 Å². The van der Waals surface area contributed by atoms with Crippen molar-refractivity contribution in [1.29, 1.82) is 0 Å². The summed E-state index contributed by atoms with van der Waals surface area (Å²) in [6, 6.07) is 0. The van der Waals surface area contributed by atoms with Gasteiger partial charge in [-0.3, -0.25) is 9.59 Å². The van der Waals surface area contributed by atoms with Crippen LogP contribution in [0, 0.1) is 0 Å². The molecule has 8 nitrogen and oxygen atoms in total. The Hall–Kier alpha value is -1.45. The number of esters is 1. The van der Waals surface area contributed by atoms with Crippen LogP contribution in [0.15, 0.2) is 15.5 Å². The molecule has 1 heterocycles. The highest BCUT2D eigenvalue weighted by molar-refractivity contribution is 9.10. The van der Waals surface area contributed by atoms with Crippen molar-refractivity contribution in [2.24, 2.45) is 0 Å².